The van der Waals surface area contributed by atoms with Crippen LogP contribution in [0.25, 0.3) is 0 Å². The molecule has 14 nitrogen and oxygen atoms in total. The molecular weight excluding hydrogens is 598 g/mol. The maximum absolute atomic E-state index is 14.0. The number of ether oxygens (including phenoxy) is 3. The van der Waals surface area contributed by atoms with Gasteiger partial charge in [-0.1, -0.05) is 0 Å². The van der Waals surface area contributed by atoms with Crippen LogP contribution in [0.2, 0.25) is 0 Å². The molecule has 0 aromatic rings. The first-order valence-corrected chi connectivity index (χ1v) is 16.1. The number of hydrogen-bond acceptors (Lipinski definition) is 9. The average molecular weight is 654 g/mol. The molecule has 2 saturated heterocycles. The van der Waals surface area contributed by atoms with Crippen molar-refractivity contribution in [1.29, 1.82) is 0 Å². The molecule has 262 valence electrons. The molecular formula is C32H55N5O9. The van der Waals surface area contributed by atoms with Crippen molar-refractivity contribution < 1.29 is 43.0 Å². The van der Waals surface area contributed by atoms with E-state index >= 15 is 0 Å². The van der Waals surface area contributed by atoms with E-state index in [0.29, 0.717) is 19.4 Å². The fourth-order valence-electron chi connectivity index (χ4n) is 5.12. The SMILES string of the molecule is CN1C(=O)CN([C@@H](CCCCNC(=O)OC(C)(C)C)C(=O)N2CCN(C(=O)OC(C)(C)C)CC2)C(=O)[C@@H]1CCC(=O)OC(C)(C)C. The van der Waals surface area contributed by atoms with Gasteiger partial charge < -0.3 is 39.1 Å². The van der Waals surface area contributed by atoms with Gasteiger partial charge in [0.1, 0.15) is 35.4 Å². The molecule has 2 aliphatic heterocycles. The van der Waals surface area contributed by atoms with Crippen molar-refractivity contribution in [3.05, 3.63) is 0 Å². The Morgan fingerprint density at radius 2 is 1.35 bits per heavy atom. The van der Waals surface area contributed by atoms with E-state index < -0.39 is 52.9 Å². The third-order valence-electron chi connectivity index (χ3n) is 7.25. The Kier molecular flexibility index (Phi) is 13.3. The molecule has 2 aliphatic rings. The number of piperazine rings is 2. The molecule has 0 radical (unpaired) electrons. The van der Waals surface area contributed by atoms with E-state index in [0.717, 1.165) is 0 Å². The first-order chi connectivity index (χ1) is 21.1. The lowest BCUT2D eigenvalue weighted by Crippen LogP contribution is -2.64. The Bertz CT molecular complexity index is 1110. The van der Waals surface area contributed by atoms with Crippen LogP contribution < -0.4 is 5.32 Å². The van der Waals surface area contributed by atoms with Crippen LogP contribution >= 0.6 is 0 Å². The zero-order chi connectivity index (χ0) is 35.0. The molecule has 0 aromatic heterocycles. The number of alkyl carbamates (subject to hydrolysis) is 1. The highest BCUT2D eigenvalue weighted by Gasteiger charge is 2.44. The summed E-state index contributed by atoms with van der Waals surface area (Å²) in [7, 11) is 1.52. The standard InChI is InChI=1S/C32H55N5O9/c1-30(2,3)44-25(39)15-14-22-27(41)37(21-24(38)34(22)10)23(13-11-12-16-33-28(42)45-31(4,5)6)26(40)35-17-19-36(20-18-35)29(43)46-32(7,8)9/h22-23H,11-21H2,1-10H3,(H,33,42)/t22-,23-/m0/s1. The maximum Gasteiger partial charge on any atom is 0.410 e. The Morgan fingerprint density at radius 3 is 1.89 bits per heavy atom. The number of nitrogens with zero attached hydrogens (tertiary/aromatic N) is 4. The summed E-state index contributed by atoms with van der Waals surface area (Å²) in [5, 5.41) is 2.70. The van der Waals surface area contributed by atoms with E-state index in [1.165, 1.54) is 16.8 Å². The molecule has 2 fully saturated rings. The fourth-order valence-corrected chi connectivity index (χ4v) is 5.12. The van der Waals surface area contributed by atoms with Crippen molar-refractivity contribution in [3.8, 4) is 0 Å². The summed E-state index contributed by atoms with van der Waals surface area (Å²) in [6.45, 7) is 17.0. The van der Waals surface area contributed by atoms with Gasteiger partial charge in [-0.05, 0) is 88.0 Å². The lowest BCUT2D eigenvalue weighted by atomic mass is 9.99. The predicted octanol–water partition coefficient (Wildman–Crippen LogP) is 2.92. The van der Waals surface area contributed by atoms with Gasteiger partial charge in [-0.25, -0.2) is 9.59 Å². The number of carbonyl (C=O) groups excluding carboxylic acids is 6. The Morgan fingerprint density at radius 1 is 0.804 bits per heavy atom. The second-order valence-electron chi connectivity index (χ2n) is 14.8. The van der Waals surface area contributed by atoms with Gasteiger partial charge in [-0.3, -0.25) is 19.2 Å². The zero-order valence-corrected chi connectivity index (χ0v) is 29.4. The van der Waals surface area contributed by atoms with E-state index in [1.807, 2.05) is 0 Å². The van der Waals surface area contributed by atoms with Crippen molar-refractivity contribution in [3.63, 3.8) is 0 Å². The minimum Gasteiger partial charge on any atom is -0.460 e. The monoisotopic (exact) mass is 653 g/mol. The molecule has 5 amide bonds. The van der Waals surface area contributed by atoms with E-state index in [9.17, 15) is 28.8 Å². The van der Waals surface area contributed by atoms with Crippen LogP contribution in [0.4, 0.5) is 9.59 Å². The highest BCUT2D eigenvalue weighted by molar-refractivity contribution is 5.98. The number of unbranched alkanes of at least 4 members (excludes halogenated alkanes) is 1. The molecule has 0 spiro atoms. The lowest BCUT2D eigenvalue weighted by molar-refractivity contribution is -0.163. The van der Waals surface area contributed by atoms with Crippen molar-refractivity contribution in [2.45, 2.75) is 123 Å². The number of likely N-dealkylation sites (N-methyl/N-ethyl adjacent to an activating group) is 1. The van der Waals surface area contributed by atoms with Crippen LogP contribution in [0, 0.1) is 0 Å². The van der Waals surface area contributed by atoms with Crippen LogP contribution in [0.3, 0.4) is 0 Å². The summed E-state index contributed by atoms with van der Waals surface area (Å²) in [4.78, 5) is 83.8. The van der Waals surface area contributed by atoms with E-state index in [-0.39, 0.29) is 63.8 Å². The number of hydrogen-bond donors (Lipinski definition) is 1. The van der Waals surface area contributed by atoms with Gasteiger partial charge in [0.05, 0.1) is 0 Å². The van der Waals surface area contributed by atoms with Gasteiger partial charge in [0.15, 0.2) is 0 Å². The van der Waals surface area contributed by atoms with Crippen molar-refractivity contribution in [1.82, 2.24) is 24.9 Å². The Labute approximate surface area is 273 Å². The molecule has 2 atom stereocenters. The quantitative estimate of drug-likeness (QED) is 0.213. The topological polar surface area (TPSA) is 155 Å². The van der Waals surface area contributed by atoms with Gasteiger partial charge >= 0.3 is 18.2 Å². The smallest absolute Gasteiger partial charge is 0.410 e. The summed E-state index contributed by atoms with van der Waals surface area (Å²) in [5.41, 5.74) is -1.98. The third-order valence-corrected chi connectivity index (χ3v) is 7.25. The van der Waals surface area contributed by atoms with Crippen LogP contribution in [0.5, 0.6) is 0 Å². The van der Waals surface area contributed by atoms with Crippen molar-refractivity contribution >= 4 is 35.9 Å². The first kappa shape index (κ1) is 38.6. The highest BCUT2D eigenvalue weighted by atomic mass is 16.6. The van der Waals surface area contributed by atoms with E-state index in [4.69, 9.17) is 14.2 Å². The largest absolute Gasteiger partial charge is 0.460 e. The fraction of sp³-hybridized carbons (Fsp3) is 0.812. The van der Waals surface area contributed by atoms with Crippen molar-refractivity contribution in [2.75, 3.05) is 46.3 Å². The number of amides is 5. The lowest BCUT2D eigenvalue weighted by Gasteiger charge is -2.43. The normalized spacial score (nSPS) is 18.7. The molecule has 0 unspecified atom stereocenters. The number of esters is 1. The molecule has 0 aliphatic carbocycles. The minimum atomic E-state index is -0.941. The number of nitrogens with one attached hydrogen (secondary N) is 1. The van der Waals surface area contributed by atoms with Crippen LogP contribution in [-0.2, 0) is 33.4 Å². The molecule has 14 heteroatoms. The van der Waals surface area contributed by atoms with Crippen LogP contribution in [0.1, 0.15) is 94.4 Å². The van der Waals surface area contributed by atoms with Gasteiger partial charge in [0, 0.05) is 46.2 Å². The second-order valence-corrected chi connectivity index (χ2v) is 14.8. The molecule has 0 bridgehead atoms. The van der Waals surface area contributed by atoms with Gasteiger partial charge in [-0.15, -0.1) is 0 Å². The molecule has 0 saturated carbocycles. The summed E-state index contributed by atoms with van der Waals surface area (Å²) < 4.78 is 16.1. The van der Waals surface area contributed by atoms with Gasteiger partial charge in [0.25, 0.3) is 0 Å². The van der Waals surface area contributed by atoms with Gasteiger partial charge in [-0.2, -0.15) is 0 Å². The number of rotatable bonds is 10. The summed E-state index contributed by atoms with van der Waals surface area (Å²) in [5.74, 6) is -1.55. The Hall–Kier alpha value is -3.58. The summed E-state index contributed by atoms with van der Waals surface area (Å²) in [6.07, 6.45) is 0.218. The molecule has 2 rings (SSSR count). The van der Waals surface area contributed by atoms with Crippen LogP contribution in [0.15, 0.2) is 0 Å². The number of carbonyl (C=O) groups is 6. The maximum atomic E-state index is 14.0. The highest BCUT2D eigenvalue weighted by Crippen LogP contribution is 2.23. The summed E-state index contributed by atoms with van der Waals surface area (Å²) in [6, 6.07) is -1.87. The predicted molar refractivity (Wildman–Crippen MR) is 170 cm³/mol. The average Bonchev–Trinajstić information content (AvgIpc) is 2.90. The van der Waals surface area contributed by atoms with E-state index in [2.05, 4.69) is 5.32 Å². The third kappa shape index (κ3) is 12.7. The molecule has 0 aromatic carbocycles. The Balaban J connectivity index is 2.17. The van der Waals surface area contributed by atoms with Crippen LogP contribution in [-0.4, -0.2) is 131 Å². The molecule has 1 N–H and O–H groups in total. The zero-order valence-electron chi connectivity index (χ0n) is 29.4. The van der Waals surface area contributed by atoms with Crippen molar-refractivity contribution in [2.24, 2.45) is 0 Å². The van der Waals surface area contributed by atoms with Gasteiger partial charge in [0.2, 0.25) is 17.7 Å². The van der Waals surface area contributed by atoms with E-state index in [1.54, 1.807) is 72.1 Å². The minimum absolute atomic E-state index is 0.0573. The summed E-state index contributed by atoms with van der Waals surface area (Å²) >= 11 is 0. The first-order valence-electron chi connectivity index (χ1n) is 16.1. The molecule has 46 heavy (non-hydrogen) atoms. The molecule has 2 heterocycles. The second kappa shape index (κ2) is 15.8.